The van der Waals surface area contributed by atoms with E-state index in [1.165, 1.54) is 70.6 Å². The van der Waals surface area contributed by atoms with Crippen LogP contribution >= 0.6 is 0 Å². The molecule has 0 radical (unpaired) electrons. The number of hydrogen-bond acceptors (Lipinski definition) is 1. The number of amides is 1. The van der Waals surface area contributed by atoms with Crippen molar-refractivity contribution in [3.05, 3.63) is 0 Å². The molecule has 0 aromatic carbocycles. The maximum Gasteiger partial charge on any atom is 0.220 e. The van der Waals surface area contributed by atoms with Gasteiger partial charge in [0.1, 0.15) is 0 Å². The van der Waals surface area contributed by atoms with Gasteiger partial charge in [-0.05, 0) is 68.6 Å². The van der Waals surface area contributed by atoms with Crippen LogP contribution in [0.3, 0.4) is 0 Å². The summed E-state index contributed by atoms with van der Waals surface area (Å²) in [5, 5.41) is 3.52. The van der Waals surface area contributed by atoms with Crippen molar-refractivity contribution in [1.82, 2.24) is 5.32 Å². The van der Waals surface area contributed by atoms with E-state index in [0.29, 0.717) is 5.91 Å². The Kier molecular flexibility index (Phi) is 5.69. The Morgan fingerprint density at radius 1 is 1.00 bits per heavy atom. The maximum atomic E-state index is 12.6. The summed E-state index contributed by atoms with van der Waals surface area (Å²) in [6.45, 7) is 4.76. The highest BCUT2D eigenvalue weighted by Gasteiger charge is 2.44. The summed E-state index contributed by atoms with van der Waals surface area (Å²) in [4.78, 5) is 12.6. The van der Waals surface area contributed by atoms with Crippen molar-refractivity contribution in [3.8, 4) is 0 Å². The van der Waals surface area contributed by atoms with E-state index >= 15 is 0 Å². The van der Waals surface area contributed by atoms with Gasteiger partial charge in [0.2, 0.25) is 5.91 Å². The Morgan fingerprint density at radius 3 is 2.30 bits per heavy atom. The smallest absolute Gasteiger partial charge is 0.220 e. The fourth-order valence-electron chi connectivity index (χ4n) is 6.24. The zero-order valence-corrected chi connectivity index (χ0v) is 15.4. The molecule has 2 unspecified atom stereocenters. The molecule has 0 saturated heterocycles. The van der Waals surface area contributed by atoms with Gasteiger partial charge in [-0.2, -0.15) is 0 Å². The minimum atomic E-state index is 0.141. The first-order valence-corrected chi connectivity index (χ1v) is 10.4. The van der Waals surface area contributed by atoms with E-state index in [2.05, 4.69) is 19.2 Å². The molecule has 0 aliphatic heterocycles. The topological polar surface area (TPSA) is 29.1 Å². The molecule has 0 aromatic heterocycles. The third kappa shape index (κ3) is 4.73. The second kappa shape index (κ2) is 7.57. The first-order chi connectivity index (χ1) is 11.0. The lowest BCUT2D eigenvalue weighted by atomic mass is 9.61. The molecule has 2 atom stereocenters. The lowest BCUT2D eigenvalue weighted by Gasteiger charge is -2.50. The van der Waals surface area contributed by atoms with Crippen molar-refractivity contribution in [2.45, 2.75) is 103 Å². The molecule has 3 fully saturated rings. The molecular formula is C21H37NO. The van der Waals surface area contributed by atoms with Gasteiger partial charge in [0, 0.05) is 12.0 Å². The average molecular weight is 320 g/mol. The van der Waals surface area contributed by atoms with E-state index in [4.69, 9.17) is 0 Å². The molecule has 3 rings (SSSR count). The summed E-state index contributed by atoms with van der Waals surface area (Å²) < 4.78 is 0. The molecule has 0 aromatic rings. The monoisotopic (exact) mass is 319 g/mol. The summed E-state index contributed by atoms with van der Waals surface area (Å²) in [5.41, 5.74) is 0.141. The minimum Gasteiger partial charge on any atom is -0.351 e. The Morgan fingerprint density at radius 2 is 1.65 bits per heavy atom. The van der Waals surface area contributed by atoms with Crippen molar-refractivity contribution >= 4 is 5.91 Å². The molecule has 2 heteroatoms. The summed E-state index contributed by atoms with van der Waals surface area (Å²) in [7, 11) is 0. The number of carbonyl (C=O) groups is 1. The largest absolute Gasteiger partial charge is 0.351 e. The van der Waals surface area contributed by atoms with Gasteiger partial charge < -0.3 is 5.32 Å². The van der Waals surface area contributed by atoms with Crippen LogP contribution in [-0.2, 0) is 4.79 Å². The molecule has 0 spiro atoms. The first kappa shape index (κ1) is 17.3. The summed E-state index contributed by atoms with van der Waals surface area (Å²) in [6, 6.07) is 0. The Labute approximate surface area is 143 Å². The standard InChI is InChI=1S/C21H37NO/c1-16-11-19-12-17(2)14-21(13-16,15-19)22-20(23)10-6-9-18-7-4-3-5-8-18/h16-19H,3-15H2,1-2H3,(H,22,23). The minimum absolute atomic E-state index is 0.141. The van der Waals surface area contributed by atoms with Crippen molar-refractivity contribution in [3.63, 3.8) is 0 Å². The van der Waals surface area contributed by atoms with Crippen LogP contribution < -0.4 is 5.32 Å². The molecular weight excluding hydrogens is 282 g/mol. The van der Waals surface area contributed by atoms with Gasteiger partial charge in [-0.15, -0.1) is 0 Å². The number of carbonyl (C=O) groups excluding carboxylic acids is 1. The van der Waals surface area contributed by atoms with Crippen molar-refractivity contribution in [1.29, 1.82) is 0 Å². The zero-order valence-electron chi connectivity index (χ0n) is 15.4. The Balaban J connectivity index is 1.46. The van der Waals surface area contributed by atoms with Gasteiger partial charge in [-0.1, -0.05) is 46.0 Å². The second-order valence-electron chi connectivity index (χ2n) is 9.38. The summed E-state index contributed by atoms with van der Waals surface area (Å²) in [6.07, 6.45) is 16.6. The molecule has 3 saturated carbocycles. The molecule has 23 heavy (non-hydrogen) atoms. The molecule has 132 valence electrons. The van der Waals surface area contributed by atoms with E-state index in [1.807, 2.05) is 0 Å². The number of hydrogen-bond donors (Lipinski definition) is 1. The molecule has 3 aliphatic carbocycles. The molecule has 3 aliphatic rings. The zero-order chi connectivity index (χ0) is 16.3. The highest BCUT2D eigenvalue weighted by Crippen LogP contribution is 2.47. The van der Waals surface area contributed by atoms with Crippen LogP contribution in [0.4, 0.5) is 0 Å². The van der Waals surface area contributed by atoms with Gasteiger partial charge in [0.25, 0.3) is 0 Å². The third-order valence-electron chi connectivity index (χ3n) is 6.77. The predicted molar refractivity (Wildman–Crippen MR) is 96.2 cm³/mol. The average Bonchev–Trinajstić information content (AvgIpc) is 2.46. The van der Waals surface area contributed by atoms with Crippen LogP contribution in [0, 0.1) is 23.7 Å². The van der Waals surface area contributed by atoms with E-state index in [9.17, 15) is 4.79 Å². The van der Waals surface area contributed by atoms with Gasteiger partial charge in [0.15, 0.2) is 0 Å². The molecule has 2 bridgehead atoms. The molecule has 1 N–H and O–H groups in total. The second-order valence-corrected chi connectivity index (χ2v) is 9.38. The van der Waals surface area contributed by atoms with Crippen LogP contribution in [-0.4, -0.2) is 11.4 Å². The Hall–Kier alpha value is -0.530. The van der Waals surface area contributed by atoms with Crippen molar-refractivity contribution in [2.75, 3.05) is 0 Å². The van der Waals surface area contributed by atoms with Crippen LogP contribution in [0.25, 0.3) is 0 Å². The van der Waals surface area contributed by atoms with Gasteiger partial charge in [-0.3, -0.25) is 4.79 Å². The molecule has 1 amide bonds. The highest BCUT2D eigenvalue weighted by molar-refractivity contribution is 5.76. The normalized spacial score (nSPS) is 38.3. The fraction of sp³-hybridized carbons (Fsp3) is 0.952. The predicted octanol–water partition coefficient (Wildman–Crippen LogP) is 5.46. The van der Waals surface area contributed by atoms with Crippen LogP contribution in [0.15, 0.2) is 0 Å². The first-order valence-electron chi connectivity index (χ1n) is 10.4. The van der Waals surface area contributed by atoms with Crippen LogP contribution in [0.2, 0.25) is 0 Å². The van der Waals surface area contributed by atoms with Gasteiger partial charge >= 0.3 is 0 Å². The molecule has 0 heterocycles. The third-order valence-corrected chi connectivity index (χ3v) is 6.77. The number of rotatable bonds is 5. The quantitative estimate of drug-likeness (QED) is 0.716. The lowest BCUT2D eigenvalue weighted by Crippen LogP contribution is -2.56. The van der Waals surface area contributed by atoms with Crippen molar-refractivity contribution in [2.24, 2.45) is 23.7 Å². The van der Waals surface area contributed by atoms with Crippen molar-refractivity contribution < 1.29 is 4.79 Å². The lowest BCUT2D eigenvalue weighted by molar-refractivity contribution is -0.125. The summed E-state index contributed by atoms with van der Waals surface area (Å²) >= 11 is 0. The van der Waals surface area contributed by atoms with E-state index in [0.717, 1.165) is 36.5 Å². The Bertz CT molecular complexity index is 379. The van der Waals surface area contributed by atoms with E-state index in [-0.39, 0.29) is 5.54 Å². The van der Waals surface area contributed by atoms with Gasteiger partial charge in [-0.25, -0.2) is 0 Å². The number of fused-ring (bicyclic) bond motifs is 2. The van der Waals surface area contributed by atoms with Gasteiger partial charge in [0.05, 0.1) is 0 Å². The van der Waals surface area contributed by atoms with E-state index in [1.54, 1.807) is 0 Å². The number of nitrogens with one attached hydrogen (secondary N) is 1. The highest BCUT2D eigenvalue weighted by atomic mass is 16.1. The van der Waals surface area contributed by atoms with Crippen LogP contribution in [0.5, 0.6) is 0 Å². The van der Waals surface area contributed by atoms with E-state index < -0.39 is 0 Å². The fourth-order valence-corrected chi connectivity index (χ4v) is 6.24. The van der Waals surface area contributed by atoms with Crippen LogP contribution in [0.1, 0.15) is 97.3 Å². The molecule has 2 nitrogen and oxygen atoms in total. The summed E-state index contributed by atoms with van der Waals surface area (Å²) in [5.74, 6) is 3.66. The SMILES string of the molecule is CC1CC2CC(C)CC(NC(=O)CCCC3CCCCC3)(C1)C2. The maximum absolute atomic E-state index is 12.6.